The van der Waals surface area contributed by atoms with Gasteiger partial charge in [0.15, 0.2) is 0 Å². The number of para-hydroxylation sites is 1. The summed E-state index contributed by atoms with van der Waals surface area (Å²) < 4.78 is 5.70. The van der Waals surface area contributed by atoms with Crippen LogP contribution in [0.2, 0.25) is 10.0 Å². The number of carbonyl (C=O) groups excluding carboxylic acids is 1. The number of rotatable bonds is 4. The molecule has 1 amide bonds. The molecule has 1 atom stereocenters. The van der Waals surface area contributed by atoms with Crippen LogP contribution in [0.25, 0.3) is 0 Å². The number of benzene rings is 2. The molecule has 1 N–H and O–H groups in total. The maximum absolute atomic E-state index is 12.7. The minimum atomic E-state index is -0.105. The monoisotopic (exact) mass is 434 g/mol. The Morgan fingerprint density at radius 1 is 1.17 bits per heavy atom. The van der Waals surface area contributed by atoms with Gasteiger partial charge in [-0.1, -0.05) is 48.3 Å². The van der Waals surface area contributed by atoms with Crippen LogP contribution in [0.3, 0.4) is 0 Å². The van der Waals surface area contributed by atoms with E-state index in [-0.39, 0.29) is 18.4 Å². The highest BCUT2D eigenvalue weighted by molar-refractivity contribution is 6.41. The first kappa shape index (κ1) is 23.0. The Balaban J connectivity index is 0.000000313. The van der Waals surface area contributed by atoms with E-state index < -0.39 is 0 Å². The minimum Gasteiger partial charge on any atom is -0.491 e. The van der Waals surface area contributed by atoms with Crippen molar-refractivity contribution >= 4 is 29.1 Å². The highest BCUT2D eigenvalue weighted by Gasteiger charge is 2.26. The maximum Gasteiger partial charge on any atom is 0.257 e. The number of aliphatic hydroxyl groups excluding tert-OH is 1. The number of amides is 1. The molecular weight excluding hydrogens is 411 g/mol. The first-order chi connectivity index (χ1) is 14.0. The third-order valence-electron chi connectivity index (χ3n) is 4.36. The number of fused-ring (bicyclic) bond motifs is 1. The summed E-state index contributed by atoms with van der Waals surface area (Å²) >= 11 is 11.2. The summed E-state index contributed by atoms with van der Waals surface area (Å²) in [7, 11) is 0. The summed E-state index contributed by atoms with van der Waals surface area (Å²) in [6.07, 6.45) is 1.45. The highest BCUT2D eigenvalue weighted by atomic mass is 35.5. The van der Waals surface area contributed by atoms with Crippen molar-refractivity contribution in [1.29, 1.82) is 5.26 Å². The topological polar surface area (TPSA) is 73.6 Å². The van der Waals surface area contributed by atoms with Gasteiger partial charge in [-0.2, -0.15) is 5.26 Å². The predicted octanol–water partition coefficient (Wildman–Crippen LogP) is 4.79. The fourth-order valence-electron chi connectivity index (χ4n) is 2.90. The maximum atomic E-state index is 12.7. The number of carbonyl (C=O) groups is 1. The van der Waals surface area contributed by atoms with Crippen LogP contribution >= 0.6 is 23.2 Å². The van der Waals surface area contributed by atoms with Crippen molar-refractivity contribution in [3.05, 3.63) is 63.6 Å². The van der Waals surface area contributed by atoms with E-state index in [0.717, 1.165) is 6.42 Å². The number of nitriles is 1. The van der Waals surface area contributed by atoms with Crippen LogP contribution in [0.4, 0.5) is 0 Å². The Hall–Kier alpha value is -2.26. The van der Waals surface area contributed by atoms with Crippen LogP contribution in [0.15, 0.2) is 42.5 Å². The molecular formula is C22H24Cl2N2O3. The minimum absolute atomic E-state index is 0.105. The molecule has 1 aliphatic rings. The van der Waals surface area contributed by atoms with E-state index in [4.69, 9.17) is 38.3 Å². The molecule has 154 valence electrons. The number of hydrogen-bond acceptors (Lipinski definition) is 4. The smallest absolute Gasteiger partial charge is 0.257 e. The average Bonchev–Trinajstić information content (AvgIpc) is 2.72. The second-order valence-corrected chi connectivity index (χ2v) is 7.62. The van der Waals surface area contributed by atoms with E-state index >= 15 is 0 Å². The number of hydrogen-bond donors (Lipinski definition) is 1. The van der Waals surface area contributed by atoms with Gasteiger partial charge in [0.2, 0.25) is 0 Å². The molecule has 5 nitrogen and oxygen atoms in total. The lowest BCUT2D eigenvalue weighted by Gasteiger charge is -2.30. The van der Waals surface area contributed by atoms with Gasteiger partial charge >= 0.3 is 0 Å². The molecule has 0 aliphatic carbocycles. The van der Waals surface area contributed by atoms with Crippen LogP contribution < -0.4 is 4.74 Å². The van der Waals surface area contributed by atoms with Crippen molar-refractivity contribution in [2.24, 2.45) is 5.92 Å². The standard InChI is InChI=1S/C16H20N2O3.C6H4Cl2/c1-12-10-18(7-2-3-8-19)16(20)14-6-4-5-13(9-17)15(14)21-11-12;7-5-3-1-2-4-6(5)8/h4-6,12,19H,2-3,7-8,10-11H2,1H3;1-4H/t12-;/m1./s1. The lowest BCUT2D eigenvalue weighted by atomic mass is 10.0. The van der Waals surface area contributed by atoms with E-state index in [9.17, 15) is 4.79 Å². The van der Waals surface area contributed by atoms with Crippen molar-refractivity contribution in [2.45, 2.75) is 19.8 Å². The van der Waals surface area contributed by atoms with Crippen molar-refractivity contribution < 1.29 is 14.6 Å². The fourth-order valence-corrected chi connectivity index (χ4v) is 3.17. The molecule has 0 saturated heterocycles. The third-order valence-corrected chi connectivity index (χ3v) is 5.11. The zero-order chi connectivity index (χ0) is 21.2. The van der Waals surface area contributed by atoms with Gasteiger partial charge in [-0.05, 0) is 37.1 Å². The van der Waals surface area contributed by atoms with Crippen molar-refractivity contribution in [2.75, 3.05) is 26.3 Å². The Bertz CT molecular complexity index is 846. The summed E-state index contributed by atoms with van der Waals surface area (Å²) in [6, 6.07) is 14.3. The molecule has 2 aromatic rings. The molecule has 29 heavy (non-hydrogen) atoms. The molecule has 0 bridgehead atoms. The Morgan fingerprint density at radius 3 is 2.45 bits per heavy atom. The molecule has 0 saturated carbocycles. The van der Waals surface area contributed by atoms with Crippen molar-refractivity contribution in [3.63, 3.8) is 0 Å². The molecule has 7 heteroatoms. The Morgan fingerprint density at radius 2 is 1.86 bits per heavy atom. The molecule has 0 fully saturated rings. The van der Waals surface area contributed by atoms with Gasteiger partial charge in [-0.15, -0.1) is 0 Å². The van der Waals surface area contributed by atoms with Crippen LogP contribution in [-0.4, -0.2) is 42.2 Å². The van der Waals surface area contributed by atoms with Gasteiger partial charge in [0, 0.05) is 25.6 Å². The summed E-state index contributed by atoms with van der Waals surface area (Å²) in [5.41, 5.74) is 0.843. The van der Waals surface area contributed by atoms with E-state index in [1.54, 1.807) is 35.2 Å². The average molecular weight is 435 g/mol. The molecule has 0 unspecified atom stereocenters. The van der Waals surface area contributed by atoms with Crippen molar-refractivity contribution in [1.82, 2.24) is 4.90 Å². The first-order valence-electron chi connectivity index (χ1n) is 9.44. The number of ether oxygens (including phenoxy) is 1. The van der Waals surface area contributed by atoms with E-state index in [0.29, 0.717) is 53.0 Å². The predicted molar refractivity (Wildman–Crippen MR) is 115 cm³/mol. The van der Waals surface area contributed by atoms with Gasteiger partial charge in [-0.3, -0.25) is 4.79 Å². The summed E-state index contributed by atoms with van der Waals surface area (Å²) in [6.45, 7) is 3.87. The summed E-state index contributed by atoms with van der Waals surface area (Å²) in [5, 5.41) is 19.3. The molecule has 0 aromatic heterocycles. The Labute approximate surface area is 181 Å². The van der Waals surface area contributed by atoms with E-state index in [2.05, 4.69) is 6.07 Å². The molecule has 0 radical (unpaired) electrons. The highest BCUT2D eigenvalue weighted by Crippen LogP contribution is 2.28. The van der Waals surface area contributed by atoms with Crippen LogP contribution in [0.5, 0.6) is 5.75 Å². The SMILES string of the molecule is C[C@H]1COc2c(C#N)cccc2C(=O)N(CCCCO)C1.Clc1ccccc1Cl. The number of unbranched alkanes of at least 4 members (excludes halogenated alkanes) is 1. The van der Waals surface area contributed by atoms with Crippen LogP contribution in [0.1, 0.15) is 35.7 Å². The zero-order valence-corrected chi connectivity index (χ0v) is 17.8. The second-order valence-electron chi connectivity index (χ2n) is 6.81. The van der Waals surface area contributed by atoms with Crippen molar-refractivity contribution in [3.8, 4) is 11.8 Å². The largest absolute Gasteiger partial charge is 0.491 e. The van der Waals surface area contributed by atoms with Gasteiger partial charge in [-0.25, -0.2) is 0 Å². The first-order valence-corrected chi connectivity index (χ1v) is 10.2. The van der Waals surface area contributed by atoms with Gasteiger partial charge in [0.05, 0.1) is 27.8 Å². The quantitative estimate of drug-likeness (QED) is 0.701. The van der Waals surface area contributed by atoms with Crippen LogP contribution in [-0.2, 0) is 0 Å². The fraction of sp³-hybridized carbons (Fsp3) is 0.364. The molecule has 1 aliphatic heterocycles. The van der Waals surface area contributed by atoms with Crippen LogP contribution in [0, 0.1) is 17.2 Å². The number of nitrogens with zero attached hydrogens (tertiary/aromatic N) is 2. The molecule has 0 spiro atoms. The number of aliphatic hydroxyl groups is 1. The van der Waals surface area contributed by atoms with Gasteiger partial charge in [0.1, 0.15) is 11.8 Å². The summed E-state index contributed by atoms with van der Waals surface area (Å²) in [4.78, 5) is 14.5. The van der Waals surface area contributed by atoms with E-state index in [1.807, 2.05) is 19.1 Å². The zero-order valence-electron chi connectivity index (χ0n) is 16.3. The Kier molecular flexibility index (Phi) is 9.27. The number of halogens is 2. The van der Waals surface area contributed by atoms with Gasteiger partial charge in [0.25, 0.3) is 5.91 Å². The normalized spacial score (nSPS) is 15.8. The summed E-state index contributed by atoms with van der Waals surface area (Å²) in [5.74, 6) is 0.485. The lowest BCUT2D eigenvalue weighted by molar-refractivity contribution is 0.0677. The van der Waals surface area contributed by atoms with E-state index in [1.165, 1.54) is 0 Å². The van der Waals surface area contributed by atoms with Gasteiger partial charge < -0.3 is 14.7 Å². The molecule has 1 heterocycles. The molecule has 3 rings (SSSR count). The molecule has 2 aromatic carbocycles. The lowest BCUT2D eigenvalue weighted by Crippen LogP contribution is -2.39. The second kappa shape index (κ2) is 11.7. The third kappa shape index (κ3) is 6.64.